The summed E-state index contributed by atoms with van der Waals surface area (Å²) in [5.74, 6) is -0.994. The van der Waals surface area contributed by atoms with Crippen LogP contribution in [0, 0.1) is 0 Å². The molecule has 2 aromatic rings. The number of benzene rings is 1. The van der Waals surface area contributed by atoms with E-state index in [1.54, 1.807) is 0 Å². The van der Waals surface area contributed by atoms with E-state index in [4.69, 9.17) is 10.8 Å². The monoisotopic (exact) mass is 223 g/mol. The van der Waals surface area contributed by atoms with Crippen molar-refractivity contribution in [2.75, 3.05) is 0 Å². The van der Waals surface area contributed by atoms with Crippen LogP contribution in [0.5, 0.6) is 0 Å². The van der Waals surface area contributed by atoms with Crippen molar-refractivity contribution in [2.24, 2.45) is 5.73 Å². The maximum absolute atomic E-state index is 10.6. The third-order valence-electron chi connectivity index (χ3n) is 2.09. The summed E-state index contributed by atoms with van der Waals surface area (Å²) in [6, 6.07) is 4.60. The predicted octanol–water partition coefficient (Wildman–Crippen LogP) is 0.646. The van der Waals surface area contributed by atoms with Crippen LogP contribution in [0.25, 0.3) is 11.0 Å². The van der Waals surface area contributed by atoms with Crippen molar-refractivity contribution in [2.45, 2.75) is 12.5 Å². The van der Waals surface area contributed by atoms with E-state index in [0.717, 1.165) is 28.3 Å². The van der Waals surface area contributed by atoms with Gasteiger partial charge >= 0.3 is 5.97 Å². The van der Waals surface area contributed by atoms with Gasteiger partial charge in [-0.3, -0.25) is 4.79 Å². The molecular formula is C9H9N3O2S. The van der Waals surface area contributed by atoms with Crippen LogP contribution >= 0.6 is 11.7 Å². The zero-order valence-corrected chi connectivity index (χ0v) is 8.57. The standard InChI is InChI=1S/C9H9N3O2S/c10-6(9(13)14)3-5-1-2-7-8(4-5)12-15-11-7/h1-2,4,6H,3,10H2,(H,13,14)/t6-/m1/s1. The first-order valence-electron chi connectivity index (χ1n) is 4.36. The number of carboxylic acid groups (broad SMARTS) is 1. The van der Waals surface area contributed by atoms with E-state index in [9.17, 15) is 4.79 Å². The number of nitrogens with zero attached hydrogens (tertiary/aromatic N) is 2. The molecule has 0 aliphatic rings. The normalized spacial score (nSPS) is 12.9. The molecule has 0 spiro atoms. The van der Waals surface area contributed by atoms with Crippen LogP contribution in [0.2, 0.25) is 0 Å². The van der Waals surface area contributed by atoms with E-state index in [2.05, 4.69) is 8.75 Å². The number of carboxylic acids is 1. The van der Waals surface area contributed by atoms with Crippen LogP contribution in [0.1, 0.15) is 5.56 Å². The van der Waals surface area contributed by atoms with Gasteiger partial charge in [-0.2, -0.15) is 8.75 Å². The number of aliphatic carboxylic acids is 1. The molecule has 3 N–H and O–H groups in total. The van der Waals surface area contributed by atoms with Crippen LogP contribution in [0.3, 0.4) is 0 Å². The van der Waals surface area contributed by atoms with Crippen LogP contribution in [-0.2, 0) is 11.2 Å². The van der Waals surface area contributed by atoms with Gasteiger partial charge in [-0.1, -0.05) is 6.07 Å². The van der Waals surface area contributed by atoms with Gasteiger partial charge in [-0.25, -0.2) is 0 Å². The zero-order valence-electron chi connectivity index (χ0n) is 7.75. The van der Waals surface area contributed by atoms with Crippen LogP contribution in [0.4, 0.5) is 0 Å². The first-order chi connectivity index (χ1) is 7.16. The molecule has 1 aromatic carbocycles. The molecule has 0 aliphatic carbocycles. The first kappa shape index (κ1) is 10.0. The molecule has 0 amide bonds. The maximum Gasteiger partial charge on any atom is 0.320 e. The molecule has 0 fully saturated rings. The minimum atomic E-state index is -0.994. The first-order valence-corrected chi connectivity index (χ1v) is 5.09. The molecular weight excluding hydrogens is 214 g/mol. The average molecular weight is 223 g/mol. The van der Waals surface area contributed by atoms with E-state index >= 15 is 0 Å². The second-order valence-corrected chi connectivity index (χ2v) is 3.76. The van der Waals surface area contributed by atoms with Gasteiger partial charge in [0.1, 0.15) is 17.1 Å². The number of hydrogen-bond acceptors (Lipinski definition) is 5. The Morgan fingerprint density at radius 1 is 1.47 bits per heavy atom. The number of hydrogen-bond donors (Lipinski definition) is 2. The van der Waals surface area contributed by atoms with Crippen molar-refractivity contribution in [1.82, 2.24) is 8.75 Å². The molecule has 0 bridgehead atoms. The van der Waals surface area contributed by atoms with Crippen LogP contribution in [0.15, 0.2) is 18.2 Å². The van der Waals surface area contributed by atoms with Crippen molar-refractivity contribution < 1.29 is 9.90 Å². The molecule has 0 saturated carbocycles. The summed E-state index contributed by atoms with van der Waals surface area (Å²) in [7, 11) is 0. The molecule has 0 saturated heterocycles. The molecule has 0 radical (unpaired) electrons. The number of aromatic nitrogens is 2. The van der Waals surface area contributed by atoms with E-state index in [1.165, 1.54) is 0 Å². The number of carbonyl (C=O) groups is 1. The Bertz CT molecular complexity index is 497. The van der Waals surface area contributed by atoms with E-state index in [-0.39, 0.29) is 0 Å². The number of nitrogens with two attached hydrogens (primary N) is 1. The highest BCUT2D eigenvalue weighted by atomic mass is 32.1. The van der Waals surface area contributed by atoms with Crippen molar-refractivity contribution in [3.63, 3.8) is 0 Å². The lowest BCUT2D eigenvalue weighted by molar-refractivity contribution is -0.138. The second kappa shape index (κ2) is 3.92. The molecule has 1 aromatic heterocycles. The highest BCUT2D eigenvalue weighted by Crippen LogP contribution is 2.14. The zero-order chi connectivity index (χ0) is 10.8. The third-order valence-corrected chi connectivity index (χ3v) is 2.65. The van der Waals surface area contributed by atoms with Gasteiger partial charge in [0.05, 0.1) is 11.7 Å². The molecule has 15 heavy (non-hydrogen) atoms. The van der Waals surface area contributed by atoms with Crippen molar-refractivity contribution in [3.8, 4) is 0 Å². The number of rotatable bonds is 3. The Balaban J connectivity index is 2.24. The summed E-state index contributed by atoms with van der Waals surface area (Å²) in [6.07, 6.45) is 0.308. The smallest absolute Gasteiger partial charge is 0.320 e. The third kappa shape index (κ3) is 2.11. The minimum Gasteiger partial charge on any atom is -0.480 e. The average Bonchev–Trinajstić information content (AvgIpc) is 2.64. The summed E-state index contributed by atoms with van der Waals surface area (Å²) >= 11 is 1.14. The quantitative estimate of drug-likeness (QED) is 0.797. The van der Waals surface area contributed by atoms with Gasteiger partial charge in [-0.15, -0.1) is 0 Å². The predicted molar refractivity (Wildman–Crippen MR) is 56.7 cm³/mol. The van der Waals surface area contributed by atoms with Gasteiger partial charge in [0, 0.05) is 0 Å². The lowest BCUT2D eigenvalue weighted by Gasteiger charge is -2.05. The van der Waals surface area contributed by atoms with Crippen LogP contribution in [-0.4, -0.2) is 25.9 Å². The summed E-state index contributed by atoms with van der Waals surface area (Å²) in [5, 5.41) is 8.67. The Morgan fingerprint density at radius 3 is 2.93 bits per heavy atom. The molecule has 6 heteroatoms. The summed E-state index contributed by atoms with van der Waals surface area (Å²) in [5.41, 5.74) is 7.91. The minimum absolute atomic E-state index is 0.308. The van der Waals surface area contributed by atoms with Crippen molar-refractivity contribution in [1.29, 1.82) is 0 Å². The van der Waals surface area contributed by atoms with E-state index in [1.807, 2.05) is 18.2 Å². The largest absolute Gasteiger partial charge is 0.480 e. The summed E-state index contributed by atoms with van der Waals surface area (Å²) in [6.45, 7) is 0. The lowest BCUT2D eigenvalue weighted by Crippen LogP contribution is -2.32. The Hall–Kier alpha value is -1.53. The van der Waals surface area contributed by atoms with Gasteiger partial charge in [0.15, 0.2) is 0 Å². The second-order valence-electron chi connectivity index (χ2n) is 3.24. The molecule has 1 heterocycles. The Morgan fingerprint density at radius 2 is 2.20 bits per heavy atom. The Labute approximate surface area is 89.9 Å². The van der Waals surface area contributed by atoms with Crippen molar-refractivity contribution >= 4 is 28.7 Å². The topological polar surface area (TPSA) is 89.1 Å². The highest BCUT2D eigenvalue weighted by molar-refractivity contribution is 7.00. The molecule has 1 atom stereocenters. The molecule has 2 rings (SSSR count). The summed E-state index contributed by atoms with van der Waals surface area (Å²) in [4.78, 5) is 10.6. The van der Waals surface area contributed by atoms with Gasteiger partial charge in [0.2, 0.25) is 0 Å². The maximum atomic E-state index is 10.6. The van der Waals surface area contributed by atoms with Gasteiger partial charge < -0.3 is 10.8 Å². The van der Waals surface area contributed by atoms with Crippen LogP contribution < -0.4 is 5.73 Å². The van der Waals surface area contributed by atoms with Gasteiger partial charge in [-0.05, 0) is 24.1 Å². The molecule has 78 valence electrons. The number of fused-ring (bicyclic) bond motifs is 1. The van der Waals surface area contributed by atoms with Gasteiger partial charge in [0.25, 0.3) is 0 Å². The molecule has 0 unspecified atom stereocenters. The fourth-order valence-electron chi connectivity index (χ4n) is 1.30. The lowest BCUT2D eigenvalue weighted by atomic mass is 10.1. The fraction of sp³-hybridized carbons (Fsp3) is 0.222. The molecule has 5 nitrogen and oxygen atoms in total. The molecule has 0 aliphatic heterocycles. The SMILES string of the molecule is N[C@H](Cc1ccc2nsnc2c1)C(=O)O. The van der Waals surface area contributed by atoms with E-state index < -0.39 is 12.0 Å². The van der Waals surface area contributed by atoms with E-state index in [0.29, 0.717) is 6.42 Å². The fourth-order valence-corrected chi connectivity index (χ4v) is 1.81. The Kier molecular flexibility index (Phi) is 2.61. The highest BCUT2D eigenvalue weighted by Gasteiger charge is 2.12. The summed E-state index contributed by atoms with van der Waals surface area (Å²) < 4.78 is 8.13. The van der Waals surface area contributed by atoms with Crippen molar-refractivity contribution in [3.05, 3.63) is 23.8 Å².